The Labute approximate surface area is 124 Å². The minimum Gasteiger partial charge on any atom is -0.497 e. The normalized spacial score (nSPS) is 22.0. The standard InChI is InChI=1S/C15H20N2O4/c1-5-11-14(18)16-9(2)15(19)17(11)12-7-6-10(20-3)8-13(12)21-4/h6-9,11H,5H2,1-4H3,(H,16,18). The van der Waals surface area contributed by atoms with Gasteiger partial charge in [0.25, 0.3) is 0 Å². The smallest absolute Gasteiger partial charge is 0.250 e. The number of hydrogen-bond donors (Lipinski definition) is 1. The number of anilines is 1. The van der Waals surface area contributed by atoms with Crippen molar-refractivity contribution in [3.05, 3.63) is 18.2 Å². The maximum Gasteiger partial charge on any atom is 0.250 e. The fourth-order valence-corrected chi connectivity index (χ4v) is 2.49. The van der Waals surface area contributed by atoms with Crippen LogP contribution < -0.4 is 19.7 Å². The number of carbonyl (C=O) groups excluding carboxylic acids is 2. The molecular formula is C15H20N2O4. The van der Waals surface area contributed by atoms with Gasteiger partial charge in [0.2, 0.25) is 11.8 Å². The molecule has 2 amide bonds. The molecule has 21 heavy (non-hydrogen) atoms. The van der Waals surface area contributed by atoms with Crippen LogP contribution in [0, 0.1) is 0 Å². The number of nitrogens with one attached hydrogen (secondary N) is 1. The van der Waals surface area contributed by atoms with E-state index >= 15 is 0 Å². The Bertz CT molecular complexity index is 559. The summed E-state index contributed by atoms with van der Waals surface area (Å²) in [5, 5.41) is 2.69. The van der Waals surface area contributed by atoms with Crippen LogP contribution >= 0.6 is 0 Å². The van der Waals surface area contributed by atoms with Crippen LogP contribution in [0.15, 0.2) is 18.2 Å². The molecule has 0 spiro atoms. The summed E-state index contributed by atoms with van der Waals surface area (Å²) in [7, 11) is 3.09. The third-order valence-corrected chi connectivity index (χ3v) is 3.61. The first-order valence-electron chi connectivity index (χ1n) is 6.89. The third kappa shape index (κ3) is 2.66. The van der Waals surface area contributed by atoms with Gasteiger partial charge in [0.15, 0.2) is 0 Å². The van der Waals surface area contributed by atoms with E-state index in [2.05, 4.69) is 5.32 Å². The molecule has 1 aliphatic rings. The van der Waals surface area contributed by atoms with E-state index in [0.29, 0.717) is 23.6 Å². The summed E-state index contributed by atoms with van der Waals surface area (Å²) < 4.78 is 10.5. The fourth-order valence-electron chi connectivity index (χ4n) is 2.49. The van der Waals surface area contributed by atoms with E-state index in [1.54, 1.807) is 32.2 Å². The number of amides is 2. The number of methoxy groups -OCH3 is 2. The Morgan fingerprint density at radius 3 is 2.52 bits per heavy atom. The van der Waals surface area contributed by atoms with Crippen molar-refractivity contribution < 1.29 is 19.1 Å². The number of benzene rings is 1. The highest BCUT2D eigenvalue weighted by molar-refractivity contribution is 6.08. The molecule has 2 rings (SSSR count). The molecule has 1 saturated heterocycles. The Hall–Kier alpha value is -2.24. The van der Waals surface area contributed by atoms with Crippen LogP contribution in [0.3, 0.4) is 0 Å². The van der Waals surface area contributed by atoms with Gasteiger partial charge in [0, 0.05) is 6.07 Å². The van der Waals surface area contributed by atoms with E-state index in [0.717, 1.165) is 0 Å². The SMILES string of the molecule is CCC1C(=O)NC(C)C(=O)N1c1ccc(OC)cc1OC. The van der Waals surface area contributed by atoms with Crippen molar-refractivity contribution in [1.29, 1.82) is 0 Å². The first kappa shape index (κ1) is 15.2. The number of carbonyl (C=O) groups is 2. The highest BCUT2D eigenvalue weighted by atomic mass is 16.5. The zero-order chi connectivity index (χ0) is 15.6. The lowest BCUT2D eigenvalue weighted by molar-refractivity contribution is -0.133. The second kappa shape index (κ2) is 6.03. The largest absolute Gasteiger partial charge is 0.497 e. The monoisotopic (exact) mass is 292 g/mol. The highest BCUT2D eigenvalue weighted by Crippen LogP contribution is 2.35. The number of piperazine rings is 1. The van der Waals surface area contributed by atoms with Crippen LogP contribution in [0.4, 0.5) is 5.69 Å². The maximum absolute atomic E-state index is 12.5. The van der Waals surface area contributed by atoms with E-state index in [-0.39, 0.29) is 11.8 Å². The molecule has 0 bridgehead atoms. The first-order chi connectivity index (χ1) is 10.0. The Morgan fingerprint density at radius 1 is 1.24 bits per heavy atom. The lowest BCUT2D eigenvalue weighted by Crippen LogP contribution is -2.62. The lowest BCUT2D eigenvalue weighted by Gasteiger charge is -2.38. The molecule has 2 unspecified atom stereocenters. The molecule has 1 aromatic rings. The van der Waals surface area contributed by atoms with Gasteiger partial charge in [-0.1, -0.05) is 6.92 Å². The van der Waals surface area contributed by atoms with Gasteiger partial charge < -0.3 is 14.8 Å². The summed E-state index contributed by atoms with van der Waals surface area (Å²) in [5.74, 6) is 0.834. The predicted octanol–water partition coefficient (Wildman–Crippen LogP) is 1.33. The quantitative estimate of drug-likeness (QED) is 0.909. The van der Waals surface area contributed by atoms with Crippen LogP contribution in [-0.2, 0) is 9.59 Å². The van der Waals surface area contributed by atoms with Crippen molar-refractivity contribution in [2.75, 3.05) is 19.1 Å². The fraction of sp³-hybridized carbons (Fsp3) is 0.467. The minimum absolute atomic E-state index is 0.148. The van der Waals surface area contributed by atoms with Crippen LogP contribution in [0.25, 0.3) is 0 Å². The molecule has 2 atom stereocenters. The van der Waals surface area contributed by atoms with Gasteiger partial charge in [-0.25, -0.2) is 0 Å². The molecular weight excluding hydrogens is 272 g/mol. The Balaban J connectivity index is 2.50. The van der Waals surface area contributed by atoms with Crippen molar-refractivity contribution >= 4 is 17.5 Å². The summed E-state index contributed by atoms with van der Waals surface area (Å²) in [6, 6.07) is 4.11. The summed E-state index contributed by atoms with van der Waals surface area (Å²) in [5.41, 5.74) is 0.580. The topological polar surface area (TPSA) is 67.9 Å². The second-order valence-corrected chi connectivity index (χ2v) is 4.90. The van der Waals surface area contributed by atoms with Gasteiger partial charge >= 0.3 is 0 Å². The molecule has 1 aromatic carbocycles. The Kier molecular flexibility index (Phi) is 4.35. The lowest BCUT2D eigenvalue weighted by atomic mass is 10.0. The third-order valence-electron chi connectivity index (χ3n) is 3.61. The molecule has 6 heteroatoms. The van der Waals surface area contributed by atoms with Gasteiger partial charge in [-0.3, -0.25) is 14.5 Å². The summed E-state index contributed by atoms with van der Waals surface area (Å²) in [6.45, 7) is 3.55. The van der Waals surface area contributed by atoms with Gasteiger partial charge in [-0.15, -0.1) is 0 Å². The zero-order valence-electron chi connectivity index (χ0n) is 12.7. The van der Waals surface area contributed by atoms with Gasteiger partial charge in [0.05, 0.1) is 19.9 Å². The number of rotatable bonds is 4. The van der Waals surface area contributed by atoms with Crippen molar-refractivity contribution in [3.63, 3.8) is 0 Å². The molecule has 6 nitrogen and oxygen atoms in total. The number of ether oxygens (including phenoxy) is 2. The highest BCUT2D eigenvalue weighted by Gasteiger charge is 2.39. The maximum atomic E-state index is 12.5. The summed E-state index contributed by atoms with van der Waals surface area (Å²) >= 11 is 0. The van der Waals surface area contributed by atoms with Crippen molar-refractivity contribution in [2.45, 2.75) is 32.4 Å². The molecule has 0 saturated carbocycles. The minimum atomic E-state index is -0.549. The van der Waals surface area contributed by atoms with E-state index < -0.39 is 12.1 Å². The van der Waals surface area contributed by atoms with E-state index in [1.165, 1.54) is 12.0 Å². The molecule has 0 aliphatic carbocycles. The van der Waals surface area contributed by atoms with Crippen molar-refractivity contribution in [1.82, 2.24) is 5.32 Å². The molecule has 0 radical (unpaired) electrons. The van der Waals surface area contributed by atoms with Gasteiger partial charge in [-0.2, -0.15) is 0 Å². The van der Waals surface area contributed by atoms with E-state index in [9.17, 15) is 9.59 Å². The van der Waals surface area contributed by atoms with Crippen molar-refractivity contribution in [3.8, 4) is 11.5 Å². The van der Waals surface area contributed by atoms with Gasteiger partial charge in [0.1, 0.15) is 23.6 Å². The number of hydrogen-bond acceptors (Lipinski definition) is 4. The van der Waals surface area contributed by atoms with E-state index in [4.69, 9.17) is 9.47 Å². The van der Waals surface area contributed by atoms with Gasteiger partial charge in [-0.05, 0) is 25.5 Å². The predicted molar refractivity (Wildman–Crippen MR) is 78.7 cm³/mol. The van der Waals surface area contributed by atoms with Crippen LogP contribution in [-0.4, -0.2) is 38.1 Å². The molecule has 1 fully saturated rings. The first-order valence-corrected chi connectivity index (χ1v) is 6.89. The van der Waals surface area contributed by atoms with Crippen LogP contribution in [0.1, 0.15) is 20.3 Å². The molecule has 1 aliphatic heterocycles. The molecule has 1 N–H and O–H groups in total. The average molecular weight is 292 g/mol. The average Bonchev–Trinajstić information content (AvgIpc) is 2.50. The zero-order valence-corrected chi connectivity index (χ0v) is 12.7. The molecule has 1 heterocycles. The van der Waals surface area contributed by atoms with E-state index in [1.807, 2.05) is 6.92 Å². The van der Waals surface area contributed by atoms with Crippen molar-refractivity contribution in [2.24, 2.45) is 0 Å². The Morgan fingerprint density at radius 2 is 1.95 bits per heavy atom. The molecule has 114 valence electrons. The van der Waals surface area contributed by atoms with Crippen LogP contribution in [0.5, 0.6) is 11.5 Å². The summed E-state index contributed by atoms with van der Waals surface area (Å²) in [6.07, 6.45) is 0.527. The second-order valence-electron chi connectivity index (χ2n) is 4.90. The molecule has 0 aromatic heterocycles. The van der Waals surface area contributed by atoms with Crippen LogP contribution in [0.2, 0.25) is 0 Å². The summed E-state index contributed by atoms with van der Waals surface area (Å²) in [4.78, 5) is 26.1. The number of nitrogens with zero attached hydrogens (tertiary/aromatic N) is 1.